The Labute approximate surface area is 113 Å². The van der Waals surface area contributed by atoms with Crippen LogP contribution in [0.3, 0.4) is 0 Å². The molecule has 1 saturated heterocycles. The number of carboxylic acid groups (broad SMARTS) is 1. The van der Waals surface area contributed by atoms with E-state index < -0.39 is 18.0 Å². The standard InChI is InChI=1S/C13H24N2O4/c1-9-5-4-6-10(2)15(9)12(18)14-8-13(3,19)7-11(16)17/h9-10,19H,4-8H2,1-3H3,(H,14,18)(H,16,17). The van der Waals surface area contributed by atoms with Gasteiger partial charge in [0.1, 0.15) is 0 Å². The van der Waals surface area contributed by atoms with Crippen molar-refractivity contribution >= 4 is 12.0 Å². The molecule has 1 aliphatic rings. The van der Waals surface area contributed by atoms with Gasteiger partial charge in [-0.3, -0.25) is 4.79 Å². The van der Waals surface area contributed by atoms with Crippen LogP contribution in [-0.2, 0) is 4.79 Å². The van der Waals surface area contributed by atoms with Gasteiger partial charge in [-0.1, -0.05) is 0 Å². The quantitative estimate of drug-likeness (QED) is 0.717. The Hall–Kier alpha value is -1.30. The van der Waals surface area contributed by atoms with Crippen LogP contribution in [-0.4, -0.2) is 51.3 Å². The third-order valence-corrected chi connectivity index (χ3v) is 3.58. The minimum atomic E-state index is -1.43. The highest BCUT2D eigenvalue weighted by Crippen LogP contribution is 2.22. The van der Waals surface area contributed by atoms with Gasteiger partial charge in [-0.05, 0) is 40.0 Å². The molecular formula is C13H24N2O4. The summed E-state index contributed by atoms with van der Waals surface area (Å²) in [5.74, 6) is -1.08. The van der Waals surface area contributed by atoms with Gasteiger partial charge in [0.25, 0.3) is 0 Å². The van der Waals surface area contributed by atoms with Crippen LogP contribution in [0.25, 0.3) is 0 Å². The van der Waals surface area contributed by atoms with Crippen LogP contribution in [0.2, 0.25) is 0 Å². The summed E-state index contributed by atoms with van der Waals surface area (Å²) in [6.45, 7) is 5.35. The topological polar surface area (TPSA) is 89.9 Å². The van der Waals surface area contributed by atoms with Gasteiger partial charge in [0.05, 0.1) is 12.0 Å². The number of piperidine rings is 1. The Bertz CT molecular complexity index is 334. The van der Waals surface area contributed by atoms with Crippen molar-refractivity contribution in [3.8, 4) is 0 Å². The van der Waals surface area contributed by atoms with E-state index >= 15 is 0 Å². The van der Waals surface area contributed by atoms with Crippen molar-refractivity contribution in [2.45, 2.75) is 64.1 Å². The summed E-state index contributed by atoms with van der Waals surface area (Å²) >= 11 is 0. The normalized spacial score (nSPS) is 26.6. The fourth-order valence-electron chi connectivity index (χ4n) is 2.57. The molecule has 3 atom stereocenters. The fourth-order valence-corrected chi connectivity index (χ4v) is 2.57. The predicted octanol–water partition coefficient (Wildman–Crippen LogP) is 1.18. The predicted molar refractivity (Wildman–Crippen MR) is 70.9 cm³/mol. The second-order valence-electron chi connectivity index (χ2n) is 5.76. The first kappa shape index (κ1) is 15.8. The van der Waals surface area contributed by atoms with Crippen LogP contribution < -0.4 is 5.32 Å². The smallest absolute Gasteiger partial charge is 0.317 e. The third kappa shape index (κ3) is 4.70. The Morgan fingerprint density at radius 1 is 1.32 bits per heavy atom. The number of amides is 2. The molecule has 6 heteroatoms. The number of hydrogen-bond acceptors (Lipinski definition) is 3. The number of rotatable bonds is 4. The average molecular weight is 272 g/mol. The number of aliphatic carboxylic acids is 1. The largest absolute Gasteiger partial charge is 0.481 e. The number of nitrogens with one attached hydrogen (secondary N) is 1. The molecule has 0 aromatic heterocycles. The first-order chi connectivity index (χ1) is 8.73. The van der Waals surface area contributed by atoms with Gasteiger partial charge < -0.3 is 20.4 Å². The average Bonchev–Trinajstić information content (AvgIpc) is 2.24. The van der Waals surface area contributed by atoms with E-state index in [2.05, 4.69) is 5.32 Å². The minimum absolute atomic E-state index is 0.0614. The first-order valence-corrected chi connectivity index (χ1v) is 6.73. The van der Waals surface area contributed by atoms with E-state index in [4.69, 9.17) is 5.11 Å². The van der Waals surface area contributed by atoms with Gasteiger partial charge in [-0.25, -0.2) is 4.79 Å². The number of urea groups is 1. The molecular weight excluding hydrogens is 248 g/mol. The number of nitrogens with zero attached hydrogens (tertiary/aromatic N) is 1. The molecule has 1 heterocycles. The minimum Gasteiger partial charge on any atom is -0.481 e. The molecule has 1 rings (SSSR count). The van der Waals surface area contributed by atoms with Crippen molar-refractivity contribution in [2.24, 2.45) is 0 Å². The van der Waals surface area contributed by atoms with Crippen molar-refractivity contribution in [3.05, 3.63) is 0 Å². The zero-order valence-corrected chi connectivity index (χ0v) is 11.8. The second-order valence-corrected chi connectivity index (χ2v) is 5.76. The molecule has 6 nitrogen and oxygen atoms in total. The monoisotopic (exact) mass is 272 g/mol. The number of carbonyl (C=O) groups is 2. The summed E-state index contributed by atoms with van der Waals surface area (Å²) < 4.78 is 0. The zero-order chi connectivity index (χ0) is 14.6. The molecule has 0 saturated carbocycles. The lowest BCUT2D eigenvalue weighted by molar-refractivity contribution is -0.141. The summed E-state index contributed by atoms with van der Waals surface area (Å²) in [6, 6.07) is 0.117. The summed E-state index contributed by atoms with van der Waals surface area (Å²) in [5, 5.41) is 21.1. The molecule has 3 N–H and O–H groups in total. The van der Waals surface area contributed by atoms with Crippen LogP contribution in [0.4, 0.5) is 4.79 Å². The highest BCUT2D eigenvalue weighted by molar-refractivity contribution is 5.75. The van der Waals surface area contributed by atoms with E-state index in [0.717, 1.165) is 19.3 Å². The van der Waals surface area contributed by atoms with Crippen molar-refractivity contribution in [1.82, 2.24) is 10.2 Å². The van der Waals surface area contributed by atoms with Crippen molar-refractivity contribution in [2.75, 3.05) is 6.54 Å². The highest BCUT2D eigenvalue weighted by atomic mass is 16.4. The Morgan fingerprint density at radius 2 is 1.84 bits per heavy atom. The molecule has 0 aromatic rings. The number of carboxylic acids is 1. The van der Waals surface area contributed by atoms with Crippen LogP contribution in [0.1, 0.15) is 46.5 Å². The number of hydrogen-bond donors (Lipinski definition) is 3. The molecule has 2 amide bonds. The van der Waals surface area contributed by atoms with E-state index in [1.807, 2.05) is 13.8 Å². The number of carbonyl (C=O) groups excluding carboxylic acids is 1. The molecule has 0 aliphatic carbocycles. The summed E-state index contributed by atoms with van der Waals surface area (Å²) in [4.78, 5) is 24.5. The molecule has 3 unspecified atom stereocenters. The summed E-state index contributed by atoms with van der Waals surface area (Å²) in [7, 11) is 0. The maximum Gasteiger partial charge on any atom is 0.317 e. The van der Waals surface area contributed by atoms with E-state index in [9.17, 15) is 14.7 Å². The van der Waals surface area contributed by atoms with Crippen molar-refractivity contribution in [3.63, 3.8) is 0 Å². The maximum atomic E-state index is 12.1. The maximum absolute atomic E-state index is 12.1. The van der Waals surface area contributed by atoms with E-state index in [0.29, 0.717) is 0 Å². The zero-order valence-electron chi connectivity index (χ0n) is 11.8. The highest BCUT2D eigenvalue weighted by Gasteiger charge is 2.31. The Balaban J connectivity index is 2.52. The molecule has 1 aliphatic heterocycles. The van der Waals surface area contributed by atoms with Gasteiger partial charge in [-0.2, -0.15) is 0 Å². The summed E-state index contributed by atoms with van der Waals surface area (Å²) in [6.07, 6.45) is 2.67. The molecule has 1 fully saturated rings. The summed E-state index contributed by atoms with van der Waals surface area (Å²) in [5.41, 5.74) is -1.43. The lowest BCUT2D eigenvalue weighted by Crippen LogP contribution is -2.54. The SMILES string of the molecule is CC1CCCC(C)N1C(=O)NCC(C)(O)CC(=O)O. The van der Waals surface area contributed by atoms with Gasteiger partial charge in [0.15, 0.2) is 0 Å². The number of aliphatic hydroxyl groups is 1. The third-order valence-electron chi connectivity index (χ3n) is 3.58. The molecule has 110 valence electrons. The van der Waals surface area contributed by atoms with E-state index in [1.54, 1.807) is 4.90 Å². The Kier molecular flexibility index (Phi) is 5.17. The van der Waals surface area contributed by atoms with Crippen LogP contribution >= 0.6 is 0 Å². The van der Waals surface area contributed by atoms with Crippen molar-refractivity contribution < 1.29 is 19.8 Å². The number of likely N-dealkylation sites (tertiary alicyclic amines) is 1. The van der Waals surface area contributed by atoms with E-state index in [1.165, 1.54) is 6.92 Å². The van der Waals surface area contributed by atoms with Gasteiger partial charge >= 0.3 is 12.0 Å². The lowest BCUT2D eigenvalue weighted by Gasteiger charge is -2.39. The molecule has 0 spiro atoms. The molecule has 0 bridgehead atoms. The Morgan fingerprint density at radius 3 is 2.32 bits per heavy atom. The van der Waals surface area contributed by atoms with Gasteiger partial charge in [0.2, 0.25) is 0 Å². The van der Waals surface area contributed by atoms with Crippen LogP contribution in [0.15, 0.2) is 0 Å². The second kappa shape index (κ2) is 6.23. The van der Waals surface area contributed by atoms with Crippen molar-refractivity contribution in [1.29, 1.82) is 0 Å². The van der Waals surface area contributed by atoms with E-state index in [-0.39, 0.29) is 24.7 Å². The fraction of sp³-hybridized carbons (Fsp3) is 0.846. The first-order valence-electron chi connectivity index (χ1n) is 6.73. The molecule has 0 aromatic carbocycles. The van der Waals surface area contributed by atoms with Gasteiger partial charge in [0, 0.05) is 18.6 Å². The van der Waals surface area contributed by atoms with Gasteiger partial charge in [-0.15, -0.1) is 0 Å². The molecule has 19 heavy (non-hydrogen) atoms. The molecule has 0 radical (unpaired) electrons. The van der Waals surface area contributed by atoms with Crippen LogP contribution in [0, 0.1) is 0 Å². The lowest BCUT2D eigenvalue weighted by atomic mass is 9.98. The van der Waals surface area contributed by atoms with Crippen LogP contribution in [0.5, 0.6) is 0 Å².